The smallest absolute Gasteiger partial charge is 0.475 e. The van der Waals surface area contributed by atoms with Crippen LogP contribution in [0.15, 0.2) is 27.6 Å². The zero-order valence-corrected chi connectivity index (χ0v) is 18.3. The Morgan fingerprint density at radius 1 is 1.40 bits per heavy atom. The molecule has 30 heavy (non-hydrogen) atoms. The number of aromatic nitrogens is 3. The zero-order valence-electron chi connectivity index (χ0n) is 15.9. The highest BCUT2D eigenvalue weighted by Gasteiger charge is 2.38. The molecule has 1 aromatic heterocycles. The van der Waals surface area contributed by atoms with Crippen LogP contribution in [0.2, 0.25) is 0 Å². The molecule has 0 saturated carbocycles. The molecule has 0 atom stereocenters. The van der Waals surface area contributed by atoms with Crippen molar-refractivity contribution in [1.29, 1.82) is 0 Å². The maximum atomic E-state index is 12.6. The summed E-state index contributed by atoms with van der Waals surface area (Å²) in [4.78, 5) is 13.4. The number of alkyl halides is 3. The second kappa shape index (κ2) is 9.31. The van der Waals surface area contributed by atoms with E-state index < -0.39 is 22.2 Å². The lowest BCUT2D eigenvalue weighted by Crippen LogP contribution is -2.40. The van der Waals surface area contributed by atoms with Gasteiger partial charge >= 0.3 is 12.1 Å². The van der Waals surface area contributed by atoms with Crippen molar-refractivity contribution in [2.75, 3.05) is 17.8 Å². The van der Waals surface area contributed by atoms with Gasteiger partial charge in [-0.05, 0) is 30.2 Å². The maximum Gasteiger partial charge on any atom is 0.490 e. The van der Waals surface area contributed by atoms with Crippen molar-refractivity contribution in [3.05, 3.63) is 34.1 Å². The van der Waals surface area contributed by atoms with Gasteiger partial charge in [0.2, 0.25) is 5.95 Å². The molecule has 1 aromatic carbocycles. The first-order valence-corrected chi connectivity index (χ1v) is 10.9. The Morgan fingerprint density at radius 3 is 2.47 bits per heavy atom. The molecule has 0 amide bonds. The number of rotatable bonds is 5. The van der Waals surface area contributed by atoms with Crippen molar-refractivity contribution in [2.45, 2.75) is 30.3 Å². The Labute approximate surface area is 178 Å². The number of halogens is 4. The van der Waals surface area contributed by atoms with Gasteiger partial charge in [0.25, 0.3) is 10.0 Å². The number of benzene rings is 1. The first-order valence-electron chi connectivity index (χ1n) is 8.58. The van der Waals surface area contributed by atoms with Crippen LogP contribution in [0.1, 0.15) is 24.2 Å². The molecule has 1 fully saturated rings. The van der Waals surface area contributed by atoms with Crippen LogP contribution in [-0.2, 0) is 28.3 Å². The van der Waals surface area contributed by atoms with E-state index in [1.807, 2.05) is 6.92 Å². The van der Waals surface area contributed by atoms with E-state index in [0.717, 1.165) is 29.5 Å². The molecule has 3 rings (SSSR count). The fourth-order valence-electron chi connectivity index (χ4n) is 2.31. The lowest BCUT2D eigenvalue weighted by molar-refractivity contribution is -0.192. The van der Waals surface area contributed by atoms with Crippen molar-refractivity contribution < 1.29 is 31.5 Å². The van der Waals surface area contributed by atoms with E-state index in [1.54, 1.807) is 25.2 Å². The number of aliphatic carboxylic acids is 1. The Balaban J connectivity index is 0.000000396. The van der Waals surface area contributed by atoms with E-state index in [9.17, 15) is 21.6 Å². The van der Waals surface area contributed by atoms with Gasteiger partial charge in [-0.25, -0.2) is 22.6 Å². The van der Waals surface area contributed by atoms with Crippen LogP contribution >= 0.6 is 15.9 Å². The molecule has 1 saturated heterocycles. The summed E-state index contributed by atoms with van der Waals surface area (Å²) in [5.41, 5.74) is 0.937. The van der Waals surface area contributed by atoms with E-state index in [4.69, 9.17) is 9.90 Å². The lowest BCUT2D eigenvalue weighted by atomic mass is 10.0. The number of aryl methyl sites for hydroxylation is 2. The average molecular weight is 514 g/mol. The van der Waals surface area contributed by atoms with Gasteiger partial charge in [0.15, 0.2) is 5.82 Å². The fraction of sp³-hybridized carbons (Fsp3) is 0.438. The Kier molecular flexibility index (Phi) is 7.47. The Bertz CT molecular complexity index is 1020. The standard InChI is InChI=1S/C14H18BrN5O2S.C2HF3O2/c1-3-9-6-11(4-5-12(9)15)23(21,22)19-14-17-13(18-20(14)2)10-7-16-8-10;3-2(4,5)1(6)7/h4-6,10,16H,3,7-8H2,1-2H3,(H,17,18,19);(H,6,7). The lowest BCUT2D eigenvalue weighted by Gasteiger charge is -2.23. The summed E-state index contributed by atoms with van der Waals surface area (Å²) in [6.07, 6.45) is -4.34. The number of carboxylic acid groups (broad SMARTS) is 1. The average Bonchev–Trinajstić information content (AvgIpc) is 2.92. The largest absolute Gasteiger partial charge is 0.490 e. The molecular weight excluding hydrogens is 495 g/mol. The highest BCUT2D eigenvalue weighted by Crippen LogP contribution is 2.24. The first-order chi connectivity index (χ1) is 13.8. The summed E-state index contributed by atoms with van der Waals surface area (Å²) in [5.74, 6) is -1.62. The van der Waals surface area contributed by atoms with E-state index in [-0.39, 0.29) is 16.8 Å². The van der Waals surface area contributed by atoms with Gasteiger partial charge in [0, 0.05) is 30.5 Å². The predicted octanol–water partition coefficient (Wildman–Crippen LogP) is 2.26. The Morgan fingerprint density at radius 2 is 2.00 bits per heavy atom. The monoisotopic (exact) mass is 513 g/mol. The molecule has 0 spiro atoms. The van der Waals surface area contributed by atoms with Crippen LogP contribution in [0.4, 0.5) is 19.1 Å². The number of nitrogens with one attached hydrogen (secondary N) is 2. The highest BCUT2D eigenvalue weighted by molar-refractivity contribution is 9.10. The van der Waals surface area contributed by atoms with E-state index >= 15 is 0 Å². The summed E-state index contributed by atoms with van der Waals surface area (Å²) in [6, 6.07) is 4.98. The molecular formula is C16H19BrF3N5O4S. The van der Waals surface area contributed by atoms with Gasteiger partial charge in [-0.1, -0.05) is 22.9 Å². The quantitative estimate of drug-likeness (QED) is 0.559. The number of carboxylic acids is 1. The minimum absolute atomic E-state index is 0.215. The van der Waals surface area contributed by atoms with Gasteiger partial charge in [0.1, 0.15) is 0 Å². The molecule has 2 heterocycles. The Hall–Kier alpha value is -2.19. The number of nitrogens with zero attached hydrogens (tertiary/aromatic N) is 3. The van der Waals surface area contributed by atoms with Crippen LogP contribution in [0.3, 0.4) is 0 Å². The van der Waals surface area contributed by atoms with Crippen molar-refractivity contribution in [3.8, 4) is 0 Å². The van der Waals surface area contributed by atoms with Crippen molar-refractivity contribution >= 4 is 37.9 Å². The van der Waals surface area contributed by atoms with Gasteiger partial charge in [-0.15, -0.1) is 0 Å². The molecule has 3 N–H and O–H groups in total. The number of sulfonamides is 1. The van der Waals surface area contributed by atoms with Crippen LogP contribution < -0.4 is 10.0 Å². The molecule has 166 valence electrons. The third-order valence-corrected chi connectivity index (χ3v) is 6.20. The minimum Gasteiger partial charge on any atom is -0.475 e. The number of hydrogen-bond donors (Lipinski definition) is 3. The second-order valence-electron chi connectivity index (χ2n) is 6.29. The highest BCUT2D eigenvalue weighted by atomic mass is 79.9. The summed E-state index contributed by atoms with van der Waals surface area (Å²) >= 11 is 3.42. The normalized spacial score (nSPS) is 14.5. The number of carbonyl (C=O) groups is 1. The van der Waals surface area contributed by atoms with Crippen molar-refractivity contribution in [1.82, 2.24) is 20.1 Å². The molecule has 0 unspecified atom stereocenters. The SMILES string of the molecule is CCc1cc(S(=O)(=O)Nc2nc(C3CNC3)nn2C)ccc1Br.O=C(O)C(F)(F)F. The minimum atomic E-state index is -5.08. The van der Waals surface area contributed by atoms with Crippen molar-refractivity contribution in [3.63, 3.8) is 0 Å². The van der Waals surface area contributed by atoms with E-state index in [1.165, 1.54) is 4.68 Å². The molecule has 14 heteroatoms. The van der Waals surface area contributed by atoms with Crippen LogP contribution in [0.25, 0.3) is 0 Å². The fourth-order valence-corrected chi connectivity index (χ4v) is 3.91. The topological polar surface area (TPSA) is 126 Å². The van der Waals surface area contributed by atoms with Crippen LogP contribution in [0, 0.1) is 0 Å². The summed E-state index contributed by atoms with van der Waals surface area (Å²) < 4.78 is 61.8. The van der Waals surface area contributed by atoms with Crippen LogP contribution in [-0.4, -0.2) is 53.5 Å². The summed E-state index contributed by atoms with van der Waals surface area (Å²) in [7, 11) is -2.02. The van der Waals surface area contributed by atoms with Gasteiger partial charge in [-0.2, -0.15) is 23.3 Å². The maximum absolute atomic E-state index is 12.6. The third-order valence-electron chi connectivity index (χ3n) is 4.10. The van der Waals surface area contributed by atoms with Crippen LogP contribution in [0.5, 0.6) is 0 Å². The van der Waals surface area contributed by atoms with Gasteiger partial charge in [0.05, 0.1) is 4.90 Å². The molecule has 1 aliphatic rings. The summed E-state index contributed by atoms with van der Waals surface area (Å²) in [6.45, 7) is 3.62. The molecule has 9 nitrogen and oxygen atoms in total. The molecule has 1 aliphatic heterocycles. The first kappa shape index (κ1) is 24.1. The molecule has 0 bridgehead atoms. The number of hydrogen-bond acceptors (Lipinski definition) is 6. The summed E-state index contributed by atoms with van der Waals surface area (Å²) in [5, 5.41) is 14.6. The third kappa shape index (κ3) is 5.92. The number of anilines is 1. The van der Waals surface area contributed by atoms with Gasteiger partial charge < -0.3 is 10.4 Å². The van der Waals surface area contributed by atoms with E-state index in [0.29, 0.717) is 5.82 Å². The van der Waals surface area contributed by atoms with E-state index in [2.05, 4.69) is 36.1 Å². The molecule has 0 aliphatic carbocycles. The van der Waals surface area contributed by atoms with Gasteiger partial charge in [-0.3, -0.25) is 0 Å². The zero-order chi connectivity index (χ0) is 22.7. The second-order valence-corrected chi connectivity index (χ2v) is 8.82. The molecule has 0 radical (unpaired) electrons. The van der Waals surface area contributed by atoms with Crippen molar-refractivity contribution in [2.24, 2.45) is 7.05 Å². The predicted molar refractivity (Wildman–Crippen MR) is 105 cm³/mol. The molecule has 2 aromatic rings.